The molecule has 0 spiro atoms. The van der Waals surface area contributed by atoms with Crippen LogP contribution in [0.25, 0.3) is 17.4 Å². The minimum atomic E-state index is -0.626. The molecule has 0 saturated carbocycles. The van der Waals surface area contributed by atoms with Crippen LogP contribution in [0.4, 0.5) is 5.69 Å². The highest BCUT2D eigenvalue weighted by Gasteiger charge is 2.26. The van der Waals surface area contributed by atoms with Crippen molar-refractivity contribution < 1.29 is 18.9 Å². The summed E-state index contributed by atoms with van der Waals surface area (Å²) >= 11 is 4.73. The number of nitrogens with zero attached hydrogens (tertiary/aromatic N) is 1. The number of thiocarbonyl (C=S) groups is 1. The molecule has 9 heteroatoms. The summed E-state index contributed by atoms with van der Waals surface area (Å²) in [5.74, 6) is -0.599. The van der Waals surface area contributed by atoms with Gasteiger partial charge in [-0.25, -0.2) is 0 Å². The van der Waals surface area contributed by atoms with Crippen molar-refractivity contribution in [3.05, 3.63) is 56.8 Å². The van der Waals surface area contributed by atoms with Gasteiger partial charge in [0, 0.05) is 17.2 Å². The van der Waals surface area contributed by atoms with Crippen molar-refractivity contribution in [2.24, 2.45) is 0 Å². The van der Waals surface area contributed by atoms with E-state index in [1.807, 2.05) is 6.92 Å². The van der Waals surface area contributed by atoms with E-state index < -0.39 is 16.7 Å². The average molecular weight is 371 g/mol. The molecule has 1 aromatic carbocycles. The van der Waals surface area contributed by atoms with Crippen LogP contribution in [0.1, 0.15) is 16.9 Å². The lowest BCUT2D eigenvalue weighted by atomic mass is 10.0. The van der Waals surface area contributed by atoms with Crippen molar-refractivity contribution in [3.63, 3.8) is 0 Å². The first kappa shape index (κ1) is 17.5. The van der Waals surface area contributed by atoms with Gasteiger partial charge >= 0.3 is 0 Å². The zero-order valence-electron chi connectivity index (χ0n) is 13.8. The summed E-state index contributed by atoms with van der Waals surface area (Å²) in [6, 6.07) is 6.34. The number of carbonyl (C=O) groups excluding carboxylic acids is 2. The minimum Gasteiger partial charge on any atom is -0.457 e. The highest BCUT2D eigenvalue weighted by atomic mass is 32.1. The van der Waals surface area contributed by atoms with Crippen LogP contribution in [0.15, 0.2) is 34.3 Å². The Bertz CT molecular complexity index is 984. The Hall–Kier alpha value is -3.33. The van der Waals surface area contributed by atoms with Gasteiger partial charge in [-0.05, 0) is 55.9 Å². The lowest BCUT2D eigenvalue weighted by molar-refractivity contribution is -0.385. The Labute approximate surface area is 153 Å². The van der Waals surface area contributed by atoms with Crippen LogP contribution in [0.2, 0.25) is 0 Å². The molecule has 8 nitrogen and oxygen atoms in total. The molecule has 1 aliphatic heterocycles. The number of benzene rings is 1. The van der Waals surface area contributed by atoms with Gasteiger partial charge in [-0.15, -0.1) is 0 Å². The molecule has 0 atom stereocenters. The molecule has 1 fully saturated rings. The van der Waals surface area contributed by atoms with E-state index in [1.165, 1.54) is 12.1 Å². The fourth-order valence-corrected chi connectivity index (χ4v) is 2.81. The second kappa shape index (κ2) is 6.52. The van der Waals surface area contributed by atoms with Crippen LogP contribution in [0.5, 0.6) is 0 Å². The van der Waals surface area contributed by atoms with E-state index in [0.29, 0.717) is 16.9 Å². The van der Waals surface area contributed by atoms with E-state index in [-0.39, 0.29) is 22.1 Å². The topological polar surface area (TPSA) is 114 Å². The standard InChI is InChI=1S/C17H13N3O5S/c1-8-5-9(2)13(20(23)24)7-11(8)14-4-3-10(25-14)6-12-15(21)18-17(26)19-16(12)22/h3-7H,1-2H3,(H2,18,19,21,22,26). The number of furan rings is 1. The lowest BCUT2D eigenvalue weighted by Gasteiger charge is -2.15. The number of nitrogens with one attached hydrogen (secondary N) is 2. The molecular weight excluding hydrogens is 358 g/mol. The molecule has 0 aliphatic carbocycles. The van der Waals surface area contributed by atoms with E-state index >= 15 is 0 Å². The Morgan fingerprint density at radius 2 is 1.77 bits per heavy atom. The lowest BCUT2D eigenvalue weighted by Crippen LogP contribution is -2.51. The first-order valence-corrected chi connectivity index (χ1v) is 7.91. The van der Waals surface area contributed by atoms with E-state index in [4.69, 9.17) is 16.6 Å². The second-order valence-corrected chi connectivity index (χ2v) is 6.12. The molecule has 0 bridgehead atoms. The van der Waals surface area contributed by atoms with Gasteiger partial charge in [0.25, 0.3) is 17.5 Å². The smallest absolute Gasteiger partial charge is 0.273 e. The largest absolute Gasteiger partial charge is 0.457 e. The van der Waals surface area contributed by atoms with E-state index in [2.05, 4.69) is 10.6 Å². The quantitative estimate of drug-likeness (QED) is 0.281. The van der Waals surface area contributed by atoms with Crippen LogP contribution in [0, 0.1) is 24.0 Å². The summed E-state index contributed by atoms with van der Waals surface area (Å²) in [5, 5.41) is 15.8. The number of aryl methyl sites for hydroxylation is 2. The van der Waals surface area contributed by atoms with Crippen molar-refractivity contribution >= 4 is 40.9 Å². The highest BCUT2D eigenvalue weighted by Crippen LogP contribution is 2.32. The Kier molecular flexibility index (Phi) is 4.39. The third-order valence-corrected chi connectivity index (χ3v) is 4.07. The predicted molar refractivity (Wildman–Crippen MR) is 97.1 cm³/mol. The zero-order valence-corrected chi connectivity index (χ0v) is 14.6. The maximum Gasteiger partial charge on any atom is 0.273 e. The molecule has 1 saturated heterocycles. The minimum absolute atomic E-state index is 0.0125. The van der Waals surface area contributed by atoms with Crippen LogP contribution >= 0.6 is 12.2 Å². The molecule has 1 aromatic heterocycles. The first-order valence-electron chi connectivity index (χ1n) is 7.50. The fraction of sp³-hybridized carbons (Fsp3) is 0.118. The molecule has 0 unspecified atom stereocenters. The average Bonchev–Trinajstić information content (AvgIpc) is 2.99. The van der Waals surface area contributed by atoms with E-state index in [9.17, 15) is 19.7 Å². The SMILES string of the molecule is Cc1cc(C)c([N+](=O)[O-])cc1-c1ccc(C=C2C(=O)NC(=S)NC2=O)o1. The van der Waals surface area contributed by atoms with Gasteiger partial charge in [-0.3, -0.25) is 30.3 Å². The Balaban J connectivity index is 1.99. The van der Waals surface area contributed by atoms with Crippen molar-refractivity contribution in [1.29, 1.82) is 0 Å². The normalized spacial score (nSPS) is 14.1. The van der Waals surface area contributed by atoms with Gasteiger partial charge in [-0.2, -0.15) is 0 Å². The number of nitro benzene ring substituents is 1. The van der Waals surface area contributed by atoms with E-state index in [1.54, 1.807) is 25.1 Å². The molecule has 132 valence electrons. The van der Waals surface area contributed by atoms with Crippen molar-refractivity contribution in [3.8, 4) is 11.3 Å². The van der Waals surface area contributed by atoms with Crippen molar-refractivity contribution in [2.45, 2.75) is 13.8 Å². The number of carbonyl (C=O) groups is 2. The van der Waals surface area contributed by atoms with Gasteiger partial charge in [-0.1, -0.05) is 0 Å². The zero-order chi connectivity index (χ0) is 19.0. The highest BCUT2D eigenvalue weighted by molar-refractivity contribution is 7.80. The van der Waals surface area contributed by atoms with Gasteiger partial charge in [0.05, 0.1) is 4.92 Å². The van der Waals surface area contributed by atoms with Gasteiger partial charge in [0.2, 0.25) is 0 Å². The molecule has 26 heavy (non-hydrogen) atoms. The van der Waals surface area contributed by atoms with Gasteiger partial charge < -0.3 is 4.42 Å². The Morgan fingerprint density at radius 1 is 1.12 bits per heavy atom. The van der Waals surface area contributed by atoms with Crippen LogP contribution < -0.4 is 10.6 Å². The number of hydrogen-bond acceptors (Lipinski definition) is 6. The first-order chi connectivity index (χ1) is 12.3. The maximum atomic E-state index is 11.9. The van der Waals surface area contributed by atoms with Gasteiger partial charge in [0.1, 0.15) is 17.1 Å². The Morgan fingerprint density at radius 3 is 2.38 bits per heavy atom. The van der Waals surface area contributed by atoms with Gasteiger partial charge in [0.15, 0.2) is 5.11 Å². The molecule has 0 radical (unpaired) electrons. The fourth-order valence-electron chi connectivity index (χ4n) is 2.63. The summed E-state index contributed by atoms with van der Waals surface area (Å²) in [7, 11) is 0. The summed E-state index contributed by atoms with van der Waals surface area (Å²) in [4.78, 5) is 34.4. The van der Waals surface area contributed by atoms with Crippen LogP contribution in [-0.2, 0) is 9.59 Å². The molecule has 2 heterocycles. The van der Waals surface area contributed by atoms with Crippen molar-refractivity contribution in [1.82, 2.24) is 10.6 Å². The molecule has 2 amide bonds. The monoisotopic (exact) mass is 371 g/mol. The summed E-state index contributed by atoms with van der Waals surface area (Å²) in [6.07, 6.45) is 1.29. The molecule has 1 aliphatic rings. The number of hydrogen-bond donors (Lipinski definition) is 2. The molecule has 2 N–H and O–H groups in total. The summed E-state index contributed by atoms with van der Waals surface area (Å²) < 4.78 is 5.66. The third-order valence-electron chi connectivity index (χ3n) is 3.86. The van der Waals surface area contributed by atoms with Crippen LogP contribution in [0.3, 0.4) is 0 Å². The molecule has 3 rings (SSSR count). The number of amides is 2. The molecular formula is C17H13N3O5S. The van der Waals surface area contributed by atoms with E-state index in [0.717, 1.165) is 5.56 Å². The third kappa shape index (κ3) is 3.24. The maximum absolute atomic E-state index is 11.9. The predicted octanol–water partition coefficient (Wildman–Crippen LogP) is 2.39. The van der Waals surface area contributed by atoms with Crippen LogP contribution in [-0.4, -0.2) is 21.9 Å². The summed E-state index contributed by atoms with van der Waals surface area (Å²) in [6.45, 7) is 3.48. The number of nitro groups is 1. The second-order valence-electron chi connectivity index (χ2n) is 5.71. The molecule has 2 aromatic rings. The summed E-state index contributed by atoms with van der Waals surface area (Å²) in [5.41, 5.74) is 1.76. The number of rotatable bonds is 3. The van der Waals surface area contributed by atoms with Crippen molar-refractivity contribution in [2.75, 3.05) is 0 Å².